The van der Waals surface area contributed by atoms with Gasteiger partial charge in [0.1, 0.15) is 5.52 Å². The fourth-order valence-electron chi connectivity index (χ4n) is 6.11. The molecule has 3 heterocycles. The zero-order valence-corrected chi connectivity index (χ0v) is 22.4. The van der Waals surface area contributed by atoms with E-state index in [9.17, 15) is 0 Å². The summed E-state index contributed by atoms with van der Waals surface area (Å²) >= 11 is 0. The summed E-state index contributed by atoms with van der Waals surface area (Å²) < 4.78 is 4.54. The van der Waals surface area contributed by atoms with E-state index in [-0.39, 0.29) is 5.41 Å². The summed E-state index contributed by atoms with van der Waals surface area (Å²) in [7, 11) is 0. The van der Waals surface area contributed by atoms with Crippen molar-refractivity contribution < 1.29 is 4.57 Å². The molecule has 0 N–H and O–H groups in total. The summed E-state index contributed by atoms with van der Waals surface area (Å²) in [6.45, 7) is 13.9. The Bertz CT molecular complexity index is 1660. The summed E-state index contributed by atoms with van der Waals surface area (Å²) in [6.07, 6.45) is 6.73. The lowest BCUT2D eigenvalue weighted by molar-refractivity contribution is -0.672. The van der Waals surface area contributed by atoms with Crippen LogP contribution >= 0.6 is 0 Å². The van der Waals surface area contributed by atoms with Gasteiger partial charge in [0.15, 0.2) is 5.52 Å². The van der Waals surface area contributed by atoms with Crippen LogP contribution in [0, 0.1) is 0 Å². The Morgan fingerprint density at radius 1 is 0.865 bits per heavy atom. The minimum Gasteiger partial charge on any atom is -0.344 e. The molecule has 3 aromatic carbocycles. The monoisotopic (exact) mass is 488 g/mol. The third-order valence-corrected chi connectivity index (χ3v) is 7.80. The SMILES string of the molecule is CCN1C(=CC=Cc2n(CC)c3nc4ccccc4nc3[n+]2CC)C(C)(C)c2c1ccc1ccccc21. The molecular formula is C32H34N5+. The predicted molar refractivity (Wildman–Crippen MR) is 154 cm³/mol. The lowest BCUT2D eigenvalue weighted by Crippen LogP contribution is -2.35. The highest BCUT2D eigenvalue weighted by Crippen LogP contribution is 2.50. The zero-order chi connectivity index (χ0) is 25.7. The molecule has 0 saturated carbocycles. The molecule has 5 aromatic rings. The molecule has 0 saturated heterocycles. The molecular weight excluding hydrogens is 454 g/mol. The first-order valence-electron chi connectivity index (χ1n) is 13.4. The van der Waals surface area contributed by atoms with E-state index in [2.05, 4.69) is 103 Å². The van der Waals surface area contributed by atoms with Gasteiger partial charge in [0.05, 0.1) is 13.1 Å². The van der Waals surface area contributed by atoms with E-state index in [1.54, 1.807) is 0 Å². The van der Waals surface area contributed by atoms with Gasteiger partial charge in [-0.1, -0.05) is 67.4 Å². The number of para-hydroxylation sites is 2. The number of aryl methyl sites for hydroxylation is 2. The molecule has 0 spiro atoms. The highest BCUT2D eigenvalue weighted by molar-refractivity contribution is 5.95. The van der Waals surface area contributed by atoms with Crippen molar-refractivity contribution in [2.75, 3.05) is 11.4 Å². The molecule has 0 fully saturated rings. The summed E-state index contributed by atoms with van der Waals surface area (Å²) in [5.41, 5.74) is 7.68. The fraction of sp³-hybridized carbons (Fsp3) is 0.281. The quantitative estimate of drug-likeness (QED) is 0.256. The van der Waals surface area contributed by atoms with E-state index in [0.717, 1.165) is 47.8 Å². The van der Waals surface area contributed by atoms with Gasteiger partial charge in [-0.05, 0) is 61.4 Å². The minimum absolute atomic E-state index is 0.102. The summed E-state index contributed by atoms with van der Waals surface area (Å²) in [4.78, 5) is 12.4. The number of hydrogen-bond acceptors (Lipinski definition) is 3. The first-order chi connectivity index (χ1) is 18.0. The lowest BCUT2D eigenvalue weighted by Gasteiger charge is -2.26. The molecule has 0 atom stereocenters. The first kappa shape index (κ1) is 23.4. The number of likely N-dealkylation sites (N-methyl/N-ethyl adjacent to an activating group) is 1. The Labute approximate surface area is 218 Å². The van der Waals surface area contributed by atoms with Crippen molar-refractivity contribution in [1.82, 2.24) is 14.5 Å². The fourth-order valence-corrected chi connectivity index (χ4v) is 6.11. The third-order valence-electron chi connectivity index (χ3n) is 7.80. The molecule has 1 aliphatic rings. The number of benzene rings is 3. The van der Waals surface area contributed by atoms with Crippen molar-refractivity contribution in [3.05, 3.63) is 89.9 Å². The second kappa shape index (κ2) is 8.84. The Morgan fingerprint density at radius 2 is 1.59 bits per heavy atom. The van der Waals surface area contributed by atoms with Crippen molar-refractivity contribution in [3.8, 4) is 0 Å². The maximum absolute atomic E-state index is 4.99. The topological polar surface area (TPSA) is 37.8 Å². The van der Waals surface area contributed by atoms with Gasteiger partial charge >= 0.3 is 5.65 Å². The van der Waals surface area contributed by atoms with Gasteiger partial charge in [-0.3, -0.25) is 0 Å². The number of anilines is 1. The van der Waals surface area contributed by atoms with Crippen LogP contribution in [0.3, 0.4) is 0 Å². The van der Waals surface area contributed by atoms with Gasteiger partial charge in [0.25, 0.3) is 5.65 Å². The normalized spacial score (nSPS) is 16.1. The van der Waals surface area contributed by atoms with Crippen molar-refractivity contribution in [1.29, 1.82) is 0 Å². The maximum Gasteiger partial charge on any atom is 0.323 e. The highest BCUT2D eigenvalue weighted by atomic mass is 15.2. The van der Waals surface area contributed by atoms with Crippen LogP contribution in [0.2, 0.25) is 0 Å². The molecule has 2 aromatic heterocycles. The molecule has 37 heavy (non-hydrogen) atoms. The molecule has 186 valence electrons. The molecule has 0 radical (unpaired) electrons. The molecule has 1 aliphatic heterocycles. The van der Waals surface area contributed by atoms with Gasteiger partial charge in [-0.15, -0.1) is 0 Å². The number of aromatic nitrogens is 4. The second-order valence-electron chi connectivity index (χ2n) is 10.2. The molecule has 5 heteroatoms. The lowest BCUT2D eigenvalue weighted by atomic mass is 9.81. The average Bonchev–Trinajstić information content (AvgIpc) is 3.33. The standard InChI is InChI=1S/C32H34N5/c1-6-35-26-21-20-22-14-9-10-15-23(22)29(26)32(4,5)27(35)18-13-19-28-36(7-2)30-31(37(28)8-3)34-25-17-12-11-16-24(25)33-30/h9-21H,6-8H2,1-5H3/q+1. The van der Waals surface area contributed by atoms with Gasteiger partial charge < -0.3 is 4.90 Å². The summed E-state index contributed by atoms with van der Waals surface area (Å²) in [5.74, 6) is 1.12. The number of imidazole rings is 1. The van der Waals surface area contributed by atoms with Crippen molar-refractivity contribution >= 4 is 44.9 Å². The smallest absolute Gasteiger partial charge is 0.323 e. The molecule has 0 aliphatic carbocycles. The van der Waals surface area contributed by atoms with Crippen molar-refractivity contribution in [2.24, 2.45) is 0 Å². The number of hydrogen-bond donors (Lipinski definition) is 0. The molecule has 0 unspecified atom stereocenters. The van der Waals surface area contributed by atoms with Crippen LogP contribution in [0.4, 0.5) is 5.69 Å². The van der Waals surface area contributed by atoms with Crippen LogP contribution in [0.15, 0.2) is 78.5 Å². The number of fused-ring (bicyclic) bond motifs is 5. The minimum atomic E-state index is -0.102. The van der Waals surface area contributed by atoms with Crippen LogP contribution in [-0.4, -0.2) is 21.1 Å². The van der Waals surface area contributed by atoms with E-state index in [1.165, 1.54) is 27.7 Å². The molecule has 6 rings (SSSR count). The Morgan fingerprint density at radius 3 is 2.32 bits per heavy atom. The number of rotatable bonds is 5. The van der Waals surface area contributed by atoms with E-state index in [4.69, 9.17) is 9.97 Å². The zero-order valence-electron chi connectivity index (χ0n) is 22.4. The van der Waals surface area contributed by atoms with Gasteiger partial charge in [-0.25, -0.2) is 14.1 Å². The second-order valence-corrected chi connectivity index (χ2v) is 10.2. The Balaban J connectivity index is 1.48. The largest absolute Gasteiger partial charge is 0.344 e. The summed E-state index contributed by atoms with van der Waals surface area (Å²) in [6, 6.07) is 21.4. The van der Waals surface area contributed by atoms with Gasteiger partial charge in [-0.2, -0.15) is 0 Å². The van der Waals surface area contributed by atoms with E-state index < -0.39 is 0 Å². The third kappa shape index (κ3) is 3.48. The van der Waals surface area contributed by atoms with Gasteiger partial charge in [0, 0.05) is 29.4 Å². The van der Waals surface area contributed by atoms with Crippen LogP contribution in [-0.2, 0) is 18.5 Å². The van der Waals surface area contributed by atoms with Gasteiger partial charge in [0.2, 0.25) is 5.82 Å². The van der Waals surface area contributed by atoms with Crippen molar-refractivity contribution in [2.45, 2.75) is 53.1 Å². The van der Waals surface area contributed by atoms with Crippen LogP contribution in [0.1, 0.15) is 46.0 Å². The highest BCUT2D eigenvalue weighted by Gasteiger charge is 2.40. The molecule has 0 amide bonds. The molecule has 0 bridgehead atoms. The van der Waals surface area contributed by atoms with Crippen LogP contribution in [0.25, 0.3) is 39.2 Å². The predicted octanol–water partition coefficient (Wildman–Crippen LogP) is 6.78. The number of allylic oxidation sites excluding steroid dienone is 3. The Hall–Kier alpha value is -3.99. The van der Waals surface area contributed by atoms with Crippen LogP contribution in [0.5, 0.6) is 0 Å². The van der Waals surface area contributed by atoms with E-state index >= 15 is 0 Å². The average molecular weight is 489 g/mol. The van der Waals surface area contributed by atoms with E-state index in [0.29, 0.717) is 0 Å². The Kier molecular flexibility index (Phi) is 5.59. The summed E-state index contributed by atoms with van der Waals surface area (Å²) in [5, 5.41) is 2.64. The first-order valence-corrected chi connectivity index (χ1v) is 13.4. The number of nitrogens with zero attached hydrogens (tertiary/aromatic N) is 5. The van der Waals surface area contributed by atoms with Crippen LogP contribution < -0.4 is 9.47 Å². The maximum atomic E-state index is 4.99. The van der Waals surface area contributed by atoms with E-state index in [1.807, 2.05) is 24.3 Å². The molecule has 5 nitrogen and oxygen atoms in total. The van der Waals surface area contributed by atoms with Crippen molar-refractivity contribution in [3.63, 3.8) is 0 Å².